The highest BCUT2D eigenvalue weighted by Gasteiger charge is 2.06. The van der Waals surface area contributed by atoms with E-state index < -0.39 is 0 Å². The lowest BCUT2D eigenvalue weighted by atomic mass is 9.99. The van der Waals surface area contributed by atoms with Crippen LogP contribution in [0.2, 0.25) is 0 Å². The summed E-state index contributed by atoms with van der Waals surface area (Å²) >= 11 is 0. The first-order valence-electron chi connectivity index (χ1n) is 5.51. The van der Waals surface area contributed by atoms with Crippen molar-refractivity contribution < 1.29 is 0 Å². The molecule has 0 amide bonds. The molecule has 0 heterocycles. The summed E-state index contributed by atoms with van der Waals surface area (Å²) in [5, 5.41) is 1.56. The molecule has 1 rings (SSSR count). The van der Waals surface area contributed by atoms with E-state index >= 15 is 0 Å². The van der Waals surface area contributed by atoms with Crippen LogP contribution in [-0.2, 0) is 6.42 Å². The molecule has 0 fully saturated rings. The molecular weight excluding hydrogens is 199 g/mol. The van der Waals surface area contributed by atoms with Crippen molar-refractivity contribution in [3.63, 3.8) is 0 Å². The fourth-order valence-corrected chi connectivity index (χ4v) is 2.52. The van der Waals surface area contributed by atoms with E-state index in [4.69, 9.17) is 0 Å². The van der Waals surface area contributed by atoms with E-state index in [9.17, 15) is 0 Å². The van der Waals surface area contributed by atoms with Crippen molar-refractivity contribution in [2.45, 2.75) is 27.2 Å². The Hall–Kier alpha value is -0.610. The molecule has 0 atom stereocenters. The molecule has 1 aromatic carbocycles. The highest BCUT2D eigenvalue weighted by Crippen LogP contribution is 2.41. The molecule has 1 aromatic rings. The van der Waals surface area contributed by atoms with Crippen molar-refractivity contribution in [3.05, 3.63) is 40.7 Å². The van der Waals surface area contributed by atoms with Crippen molar-refractivity contribution >= 4 is 13.5 Å². The molecule has 0 spiro atoms. The first-order valence-corrected chi connectivity index (χ1v) is 7.74. The summed E-state index contributed by atoms with van der Waals surface area (Å²) in [6.07, 6.45) is 1.12. The first kappa shape index (κ1) is 12.5. The minimum atomic E-state index is 0.0375. The molecule has 0 aliphatic carbocycles. The number of benzene rings is 1. The number of hydrogen-bond donors (Lipinski definition) is 0. The SMILES string of the molecule is CCc1ccccc1/C(C)=C(/C)P(C)C. The Morgan fingerprint density at radius 1 is 1.13 bits per heavy atom. The van der Waals surface area contributed by atoms with E-state index in [0.717, 1.165) is 6.42 Å². The van der Waals surface area contributed by atoms with Crippen LogP contribution in [0.3, 0.4) is 0 Å². The molecule has 82 valence electrons. The van der Waals surface area contributed by atoms with Crippen LogP contribution in [-0.4, -0.2) is 13.3 Å². The normalized spacial score (nSPS) is 12.9. The van der Waals surface area contributed by atoms with E-state index in [-0.39, 0.29) is 7.92 Å². The summed E-state index contributed by atoms with van der Waals surface area (Å²) < 4.78 is 0. The predicted octanol–water partition coefficient (Wildman–Crippen LogP) is 4.74. The third kappa shape index (κ3) is 2.92. The Kier molecular flexibility index (Phi) is 4.54. The van der Waals surface area contributed by atoms with Gasteiger partial charge in [0.05, 0.1) is 0 Å². The van der Waals surface area contributed by atoms with Crippen molar-refractivity contribution in [1.29, 1.82) is 0 Å². The third-order valence-corrected chi connectivity index (χ3v) is 4.69. The van der Waals surface area contributed by atoms with Gasteiger partial charge in [-0.15, -0.1) is 0 Å². The fraction of sp³-hybridized carbons (Fsp3) is 0.429. The number of rotatable bonds is 3. The van der Waals surface area contributed by atoms with Crippen molar-refractivity contribution in [3.8, 4) is 0 Å². The highest BCUT2D eigenvalue weighted by molar-refractivity contribution is 7.60. The Bertz CT molecular complexity index is 361. The van der Waals surface area contributed by atoms with Crippen LogP contribution < -0.4 is 0 Å². The van der Waals surface area contributed by atoms with Gasteiger partial charge in [0.2, 0.25) is 0 Å². The lowest BCUT2D eigenvalue weighted by Crippen LogP contribution is -1.91. The largest absolute Gasteiger partial charge is 0.0861 e. The number of allylic oxidation sites excluding steroid dienone is 2. The molecule has 0 radical (unpaired) electrons. The predicted molar refractivity (Wildman–Crippen MR) is 72.9 cm³/mol. The molecule has 0 aliphatic heterocycles. The van der Waals surface area contributed by atoms with Crippen LogP contribution in [0, 0.1) is 0 Å². The average Bonchev–Trinajstić information content (AvgIpc) is 2.26. The van der Waals surface area contributed by atoms with Gasteiger partial charge in [-0.2, -0.15) is 0 Å². The molecule has 15 heavy (non-hydrogen) atoms. The maximum atomic E-state index is 2.32. The van der Waals surface area contributed by atoms with Gasteiger partial charge >= 0.3 is 0 Å². The van der Waals surface area contributed by atoms with Gasteiger partial charge in [-0.05, 0) is 55.6 Å². The molecule has 0 saturated carbocycles. The molecule has 0 aliphatic rings. The second kappa shape index (κ2) is 5.47. The molecule has 0 bridgehead atoms. The molecule has 0 nitrogen and oxygen atoms in total. The topological polar surface area (TPSA) is 0 Å². The van der Waals surface area contributed by atoms with Crippen molar-refractivity contribution in [2.24, 2.45) is 0 Å². The monoisotopic (exact) mass is 220 g/mol. The summed E-state index contributed by atoms with van der Waals surface area (Å²) in [5.41, 5.74) is 4.38. The maximum Gasteiger partial charge on any atom is -0.0192 e. The minimum Gasteiger partial charge on any atom is -0.0861 e. The molecule has 0 unspecified atom stereocenters. The van der Waals surface area contributed by atoms with Gasteiger partial charge in [-0.1, -0.05) is 39.1 Å². The van der Waals surface area contributed by atoms with Crippen molar-refractivity contribution in [2.75, 3.05) is 13.3 Å². The smallest absolute Gasteiger partial charge is 0.0192 e. The standard InChI is InChI=1S/C14H21P/c1-6-13-9-7-8-10-14(13)11(2)12(3)15(4)5/h7-10H,6H2,1-5H3/b12-11-. The summed E-state index contributed by atoms with van der Waals surface area (Å²) in [4.78, 5) is 0. The lowest BCUT2D eigenvalue weighted by molar-refractivity contribution is 1.13. The van der Waals surface area contributed by atoms with Gasteiger partial charge in [0.15, 0.2) is 0 Å². The average molecular weight is 220 g/mol. The van der Waals surface area contributed by atoms with Gasteiger partial charge in [0.25, 0.3) is 0 Å². The summed E-state index contributed by atoms with van der Waals surface area (Å²) in [7, 11) is 0.0375. The molecule has 0 aromatic heterocycles. The van der Waals surface area contributed by atoms with E-state index in [1.54, 1.807) is 5.31 Å². The van der Waals surface area contributed by atoms with Crippen LogP contribution in [0.25, 0.3) is 5.57 Å². The van der Waals surface area contributed by atoms with Crippen LogP contribution in [0.5, 0.6) is 0 Å². The summed E-state index contributed by atoms with van der Waals surface area (Å²) in [6.45, 7) is 11.4. The van der Waals surface area contributed by atoms with Crippen molar-refractivity contribution in [1.82, 2.24) is 0 Å². The second-order valence-corrected chi connectivity index (χ2v) is 6.58. The Morgan fingerprint density at radius 3 is 2.27 bits per heavy atom. The molecular formula is C14H21P. The zero-order valence-electron chi connectivity index (χ0n) is 10.5. The third-order valence-electron chi connectivity index (χ3n) is 3.02. The lowest BCUT2D eigenvalue weighted by Gasteiger charge is -2.14. The molecule has 1 heteroatoms. The van der Waals surface area contributed by atoms with Gasteiger partial charge in [0, 0.05) is 0 Å². The highest BCUT2D eigenvalue weighted by atomic mass is 31.1. The quantitative estimate of drug-likeness (QED) is 0.645. The van der Waals surface area contributed by atoms with Crippen LogP contribution in [0.4, 0.5) is 0 Å². The van der Waals surface area contributed by atoms with E-state index in [0.29, 0.717) is 0 Å². The maximum absolute atomic E-state index is 2.32. The Balaban J connectivity index is 3.21. The van der Waals surface area contributed by atoms with E-state index in [1.165, 1.54) is 16.7 Å². The van der Waals surface area contributed by atoms with E-state index in [2.05, 4.69) is 58.4 Å². The number of hydrogen-bond acceptors (Lipinski definition) is 0. The van der Waals surface area contributed by atoms with Crippen LogP contribution in [0.1, 0.15) is 31.9 Å². The van der Waals surface area contributed by atoms with Gasteiger partial charge in [-0.3, -0.25) is 0 Å². The minimum absolute atomic E-state index is 0.0375. The Labute approximate surface area is 95.2 Å². The number of aryl methyl sites for hydroxylation is 1. The summed E-state index contributed by atoms with van der Waals surface area (Å²) in [6, 6.07) is 8.75. The van der Waals surface area contributed by atoms with E-state index in [1.807, 2.05) is 0 Å². The first-order chi connectivity index (χ1) is 7.07. The van der Waals surface area contributed by atoms with Crippen LogP contribution in [0.15, 0.2) is 29.6 Å². The summed E-state index contributed by atoms with van der Waals surface area (Å²) in [5.74, 6) is 0. The Morgan fingerprint density at radius 2 is 1.73 bits per heavy atom. The van der Waals surface area contributed by atoms with Gasteiger partial charge in [0.1, 0.15) is 0 Å². The second-order valence-electron chi connectivity index (χ2n) is 4.12. The fourth-order valence-electron chi connectivity index (χ4n) is 1.72. The van der Waals surface area contributed by atoms with Gasteiger partial charge in [-0.25, -0.2) is 0 Å². The molecule has 0 N–H and O–H groups in total. The molecule has 0 saturated heterocycles. The van der Waals surface area contributed by atoms with Gasteiger partial charge < -0.3 is 0 Å². The zero-order valence-corrected chi connectivity index (χ0v) is 11.4. The van der Waals surface area contributed by atoms with Crippen LogP contribution >= 0.6 is 7.92 Å². The zero-order chi connectivity index (χ0) is 11.4.